The first kappa shape index (κ1) is 12.8. The van der Waals surface area contributed by atoms with Gasteiger partial charge < -0.3 is 15.0 Å². The number of nitrogens with zero attached hydrogens (tertiary/aromatic N) is 2. The van der Waals surface area contributed by atoms with Gasteiger partial charge in [0.1, 0.15) is 0 Å². The van der Waals surface area contributed by atoms with E-state index in [0.29, 0.717) is 13.1 Å². The average Bonchev–Trinajstić information content (AvgIpc) is 2.31. The number of halogens is 1. The van der Waals surface area contributed by atoms with E-state index < -0.39 is 5.82 Å². The number of hydrogen-bond acceptors (Lipinski definition) is 3. The number of nitrogens with one attached hydrogen (secondary N) is 1. The Morgan fingerprint density at radius 3 is 2.78 bits per heavy atom. The van der Waals surface area contributed by atoms with Crippen molar-refractivity contribution in [1.82, 2.24) is 9.88 Å². The largest absolute Gasteiger partial charge is 0.372 e. The maximum Gasteiger partial charge on any atom is 0.322 e. The molecule has 1 aliphatic heterocycles. The lowest BCUT2D eigenvalue weighted by atomic mass is 10.2. The van der Waals surface area contributed by atoms with Gasteiger partial charge in [0, 0.05) is 19.3 Å². The second-order valence-electron chi connectivity index (χ2n) is 4.45. The zero-order valence-corrected chi connectivity index (χ0v) is 10.4. The van der Waals surface area contributed by atoms with Gasteiger partial charge in [0.2, 0.25) is 0 Å². The number of hydrogen-bond donors (Lipinski definition) is 1. The summed E-state index contributed by atoms with van der Waals surface area (Å²) in [6.07, 6.45) is 2.48. The first-order valence-electron chi connectivity index (χ1n) is 5.87. The topological polar surface area (TPSA) is 54.5 Å². The molecule has 0 unspecified atom stereocenters. The van der Waals surface area contributed by atoms with Gasteiger partial charge >= 0.3 is 6.03 Å². The monoisotopic (exact) mass is 253 g/mol. The van der Waals surface area contributed by atoms with E-state index in [-0.39, 0.29) is 23.9 Å². The number of rotatable bonds is 1. The number of carbonyl (C=O) groups excluding carboxylic acids is 1. The minimum Gasteiger partial charge on any atom is -0.372 e. The molecule has 98 valence electrons. The number of carbonyl (C=O) groups is 1. The predicted molar refractivity (Wildman–Crippen MR) is 64.8 cm³/mol. The molecule has 0 aliphatic carbocycles. The smallest absolute Gasteiger partial charge is 0.322 e. The Hall–Kier alpha value is -1.69. The Bertz CT molecular complexity index is 431. The second-order valence-corrected chi connectivity index (χ2v) is 4.45. The minimum absolute atomic E-state index is 0.0122. The van der Waals surface area contributed by atoms with Gasteiger partial charge in [-0.25, -0.2) is 9.18 Å². The van der Waals surface area contributed by atoms with Crippen molar-refractivity contribution in [3.05, 3.63) is 24.3 Å². The Labute approximate surface area is 105 Å². The first-order valence-corrected chi connectivity index (χ1v) is 5.87. The number of urea groups is 1. The molecular formula is C12H16FN3O2. The fraction of sp³-hybridized carbons (Fsp3) is 0.500. The van der Waals surface area contributed by atoms with Crippen LogP contribution in [0.4, 0.5) is 14.9 Å². The molecule has 2 amide bonds. The number of anilines is 1. The van der Waals surface area contributed by atoms with E-state index >= 15 is 0 Å². The molecule has 0 radical (unpaired) electrons. The van der Waals surface area contributed by atoms with Crippen molar-refractivity contribution >= 4 is 11.7 Å². The molecule has 18 heavy (non-hydrogen) atoms. The number of pyridine rings is 1. The number of aromatic nitrogens is 1. The molecule has 2 rings (SSSR count). The average molecular weight is 253 g/mol. The molecule has 2 atom stereocenters. The molecule has 0 aromatic carbocycles. The molecule has 1 aromatic rings. The fourth-order valence-corrected chi connectivity index (χ4v) is 2.01. The number of ether oxygens (including phenoxy) is 1. The molecule has 1 aliphatic rings. The van der Waals surface area contributed by atoms with Crippen LogP contribution in [0.25, 0.3) is 0 Å². The quantitative estimate of drug-likeness (QED) is 0.831. The molecule has 2 heterocycles. The SMILES string of the molecule is C[C@@H]1CN(C(=O)Nc2ccncc2F)C[C@H](C)O1. The van der Waals surface area contributed by atoms with E-state index in [9.17, 15) is 9.18 Å². The normalized spacial score (nSPS) is 23.8. The van der Waals surface area contributed by atoms with Gasteiger partial charge in [-0.1, -0.05) is 0 Å². The maximum absolute atomic E-state index is 13.4. The predicted octanol–water partition coefficient (Wildman–Crippen LogP) is 1.86. The molecule has 5 nitrogen and oxygen atoms in total. The maximum atomic E-state index is 13.4. The summed E-state index contributed by atoms with van der Waals surface area (Å²) < 4.78 is 18.9. The molecular weight excluding hydrogens is 237 g/mol. The molecule has 0 bridgehead atoms. The van der Waals surface area contributed by atoms with Gasteiger partial charge in [0.25, 0.3) is 0 Å². The number of amides is 2. The van der Waals surface area contributed by atoms with Gasteiger partial charge in [0.05, 0.1) is 24.1 Å². The van der Waals surface area contributed by atoms with E-state index in [1.165, 1.54) is 12.3 Å². The van der Waals surface area contributed by atoms with Crippen LogP contribution in [0.15, 0.2) is 18.5 Å². The lowest BCUT2D eigenvalue weighted by molar-refractivity contribution is -0.0530. The van der Waals surface area contributed by atoms with Gasteiger partial charge in [-0.3, -0.25) is 4.98 Å². The van der Waals surface area contributed by atoms with Crippen LogP contribution in [0.5, 0.6) is 0 Å². The highest BCUT2D eigenvalue weighted by molar-refractivity contribution is 5.89. The van der Waals surface area contributed by atoms with Crippen molar-refractivity contribution < 1.29 is 13.9 Å². The molecule has 1 saturated heterocycles. The van der Waals surface area contributed by atoms with E-state index in [0.717, 1.165) is 6.20 Å². The highest BCUT2D eigenvalue weighted by Gasteiger charge is 2.26. The minimum atomic E-state index is -0.541. The molecule has 1 aromatic heterocycles. The Kier molecular flexibility index (Phi) is 3.76. The van der Waals surface area contributed by atoms with Crippen molar-refractivity contribution in [2.45, 2.75) is 26.1 Å². The Morgan fingerprint density at radius 1 is 1.50 bits per heavy atom. The third-order valence-electron chi connectivity index (χ3n) is 2.72. The van der Waals surface area contributed by atoms with Crippen LogP contribution in [0.1, 0.15) is 13.8 Å². The Morgan fingerprint density at radius 2 is 2.17 bits per heavy atom. The highest BCUT2D eigenvalue weighted by atomic mass is 19.1. The first-order chi connectivity index (χ1) is 8.56. The summed E-state index contributed by atoms with van der Waals surface area (Å²) in [4.78, 5) is 17.2. The van der Waals surface area contributed by atoms with E-state index in [1.54, 1.807) is 4.90 Å². The van der Waals surface area contributed by atoms with Crippen LogP contribution in [-0.4, -0.2) is 41.2 Å². The molecule has 6 heteroatoms. The van der Waals surface area contributed by atoms with Crippen LogP contribution in [0.3, 0.4) is 0 Å². The summed E-state index contributed by atoms with van der Waals surface area (Å²) >= 11 is 0. The molecule has 1 fully saturated rings. The molecule has 1 N–H and O–H groups in total. The van der Waals surface area contributed by atoms with Crippen LogP contribution in [0.2, 0.25) is 0 Å². The zero-order chi connectivity index (χ0) is 13.1. The summed E-state index contributed by atoms with van der Waals surface area (Å²) in [5.41, 5.74) is 0.141. The van der Waals surface area contributed by atoms with Gasteiger partial charge in [-0.15, -0.1) is 0 Å². The lowest BCUT2D eigenvalue weighted by Crippen LogP contribution is -2.49. The molecule has 0 saturated carbocycles. The standard InChI is InChI=1S/C12H16FN3O2/c1-8-6-16(7-9(2)18-8)12(17)15-11-3-4-14-5-10(11)13/h3-5,8-9H,6-7H2,1-2H3,(H,14,15,17)/t8-,9+. The van der Waals surface area contributed by atoms with E-state index in [2.05, 4.69) is 10.3 Å². The number of morpholine rings is 1. The van der Waals surface area contributed by atoms with Crippen molar-refractivity contribution in [2.75, 3.05) is 18.4 Å². The van der Waals surface area contributed by atoms with Gasteiger partial charge in [-0.05, 0) is 19.9 Å². The summed E-state index contributed by atoms with van der Waals surface area (Å²) in [6, 6.07) is 1.11. The summed E-state index contributed by atoms with van der Waals surface area (Å²) in [6.45, 7) is 4.82. The van der Waals surface area contributed by atoms with Crippen LogP contribution in [0, 0.1) is 5.82 Å². The van der Waals surface area contributed by atoms with Crippen molar-refractivity contribution in [2.24, 2.45) is 0 Å². The molecule has 0 spiro atoms. The van der Waals surface area contributed by atoms with Crippen LogP contribution < -0.4 is 5.32 Å². The second kappa shape index (κ2) is 5.30. The summed E-state index contributed by atoms with van der Waals surface area (Å²) in [5.74, 6) is -0.541. The highest BCUT2D eigenvalue weighted by Crippen LogP contribution is 2.15. The summed E-state index contributed by atoms with van der Waals surface area (Å²) in [5, 5.41) is 2.54. The fourth-order valence-electron chi connectivity index (χ4n) is 2.01. The van der Waals surface area contributed by atoms with E-state index in [1.807, 2.05) is 13.8 Å². The van der Waals surface area contributed by atoms with Gasteiger partial charge in [0.15, 0.2) is 5.82 Å². The van der Waals surface area contributed by atoms with Crippen LogP contribution in [-0.2, 0) is 4.74 Å². The summed E-state index contributed by atoms with van der Waals surface area (Å²) in [7, 11) is 0. The van der Waals surface area contributed by atoms with Gasteiger partial charge in [-0.2, -0.15) is 0 Å². The van der Waals surface area contributed by atoms with Crippen molar-refractivity contribution in [3.63, 3.8) is 0 Å². The third-order valence-corrected chi connectivity index (χ3v) is 2.72. The van der Waals surface area contributed by atoms with E-state index in [4.69, 9.17) is 4.74 Å². The van der Waals surface area contributed by atoms with Crippen LogP contribution >= 0.6 is 0 Å². The van der Waals surface area contributed by atoms with Crippen molar-refractivity contribution in [3.8, 4) is 0 Å². The zero-order valence-electron chi connectivity index (χ0n) is 10.4. The lowest BCUT2D eigenvalue weighted by Gasteiger charge is -2.35. The van der Waals surface area contributed by atoms with Crippen molar-refractivity contribution in [1.29, 1.82) is 0 Å². The Balaban J connectivity index is 2.02. The third kappa shape index (κ3) is 2.95.